The molecular formula is C25H28FN5O3S. The maximum absolute atomic E-state index is 14.0. The Morgan fingerprint density at radius 1 is 1.09 bits per heavy atom. The molecule has 0 bridgehead atoms. The van der Waals surface area contributed by atoms with E-state index in [1.807, 2.05) is 18.4 Å². The molecule has 8 nitrogen and oxygen atoms in total. The van der Waals surface area contributed by atoms with E-state index in [-0.39, 0.29) is 17.3 Å². The summed E-state index contributed by atoms with van der Waals surface area (Å²) in [5, 5.41) is 14.2. The van der Waals surface area contributed by atoms with Crippen LogP contribution in [0.2, 0.25) is 0 Å². The summed E-state index contributed by atoms with van der Waals surface area (Å²) in [6.45, 7) is 7.55. The van der Waals surface area contributed by atoms with E-state index in [0.29, 0.717) is 35.2 Å². The maximum atomic E-state index is 14.0. The van der Waals surface area contributed by atoms with Crippen LogP contribution in [0.4, 0.5) is 10.1 Å². The summed E-state index contributed by atoms with van der Waals surface area (Å²) in [7, 11) is 0. The van der Waals surface area contributed by atoms with Crippen molar-refractivity contribution in [2.45, 2.75) is 57.1 Å². The van der Waals surface area contributed by atoms with Crippen LogP contribution in [0.5, 0.6) is 0 Å². The Hall–Kier alpha value is -3.53. The van der Waals surface area contributed by atoms with Crippen LogP contribution in [0, 0.1) is 5.82 Å². The lowest BCUT2D eigenvalue weighted by molar-refractivity contribution is -0.115. The molecule has 0 saturated heterocycles. The Bertz CT molecular complexity index is 1230. The lowest BCUT2D eigenvalue weighted by Gasteiger charge is -2.17. The van der Waals surface area contributed by atoms with E-state index in [4.69, 9.17) is 0 Å². The zero-order chi connectivity index (χ0) is 25.5. The molecule has 35 heavy (non-hydrogen) atoms. The SMILES string of the molecule is CC[C@@H](Sc1nnc([C@@H](C)NC(=O)c2ccccc2F)n1CC)C(=O)Nc1cccc(C(C)=O)c1. The van der Waals surface area contributed by atoms with Crippen LogP contribution >= 0.6 is 11.8 Å². The number of anilines is 1. The highest BCUT2D eigenvalue weighted by Gasteiger charge is 2.25. The summed E-state index contributed by atoms with van der Waals surface area (Å²) >= 11 is 1.27. The van der Waals surface area contributed by atoms with E-state index >= 15 is 0 Å². The van der Waals surface area contributed by atoms with Gasteiger partial charge < -0.3 is 15.2 Å². The molecule has 0 fully saturated rings. The number of nitrogens with one attached hydrogen (secondary N) is 2. The van der Waals surface area contributed by atoms with Crippen LogP contribution in [-0.4, -0.2) is 37.6 Å². The first-order chi connectivity index (χ1) is 16.7. The van der Waals surface area contributed by atoms with Crippen LogP contribution in [0.1, 0.15) is 66.7 Å². The number of amides is 2. The van der Waals surface area contributed by atoms with Gasteiger partial charge in [-0.05, 0) is 51.5 Å². The van der Waals surface area contributed by atoms with Crippen molar-refractivity contribution in [3.8, 4) is 0 Å². The molecule has 184 valence electrons. The number of carbonyl (C=O) groups excluding carboxylic acids is 3. The van der Waals surface area contributed by atoms with Crippen molar-refractivity contribution in [2.75, 3.05) is 5.32 Å². The number of hydrogen-bond donors (Lipinski definition) is 2. The molecule has 0 aliphatic carbocycles. The molecule has 0 spiro atoms. The smallest absolute Gasteiger partial charge is 0.254 e. The maximum Gasteiger partial charge on any atom is 0.254 e. The van der Waals surface area contributed by atoms with Gasteiger partial charge >= 0.3 is 0 Å². The van der Waals surface area contributed by atoms with E-state index in [1.54, 1.807) is 37.3 Å². The van der Waals surface area contributed by atoms with Crippen molar-refractivity contribution in [3.63, 3.8) is 0 Å². The predicted molar refractivity (Wildman–Crippen MR) is 133 cm³/mol. The van der Waals surface area contributed by atoms with E-state index in [0.717, 1.165) is 0 Å². The van der Waals surface area contributed by atoms with Gasteiger partial charge in [0.1, 0.15) is 5.82 Å². The van der Waals surface area contributed by atoms with Crippen LogP contribution in [0.25, 0.3) is 0 Å². The summed E-state index contributed by atoms with van der Waals surface area (Å²) in [4.78, 5) is 37.1. The molecule has 0 aliphatic heterocycles. The second-order valence-corrected chi connectivity index (χ2v) is 9.07. The van der Waals surface area contributed by atoms with Crippen molar-refractivity contribution in [1.29, 1.82) is 0 Å². The molecular weight excluding hydrogens is 469 g/mol. The van der Waals surface area contributed by atoms with Gasteiger partial charge in [0.2, 0.25) is 5.91 Å². The van der Waals surface area contributed by atoms with Gasteiger partial charge in [0.05, 0.1) is 16.9 Å². The molecule has 2 atom stereocenters. The number of aromatic nitrogens is 3. The van der Waals surface area contributed by atoms with Crippen molar-refractivity contribution >= 4 is 35.0 Å². The third-order valence-corrected chi connectivity index (χ3v) is 6.71. The molecule has 2 N–H and O–H groups in total. The number of carbonyl (C=O) groups is 3. The minimum Gasteiger partial charge on any atom is -0.342 e. The summed E-state index contributed by atoms with van der Waals surface area (Å²) in [5.41, 5.74) is 1.02. The summed E-state index contributed by atoms with van der Waals surface area (Å²) < 4.78 is 15.8. The lowest BCUT2D eigenvalue weighted by Crippen LogP contribution is -2.29. The van der Waals surface area contributed by atoms with Gasteiger partial charge in [-0.15, -0.1) is 10.2 Å². The van der Waals surface area contributed by atoms with Gasteiger partial charge in [-0.2, -0.15) is 0 Å². The normalized spacial score (nSPS) is 12.6. The second-order valence-electron chi connectivity index (χ2n) is 7.90. The first-order valence-corrected chi connectivity index (χ1v) is 12.2. The molecule has 1 aromatic heterocycles. The standard InChI is InChI=1S/C25H28FN5O3S/c1-5-21(24(34)28-18-11-9-10-17(14-18)16(4)32)35-25-30-29-22(31(25)6-2)15(3)27-23(33)19-12-7-8-13-20(19)26/h7-15,21H,5-6H2,1-4H3,(H,27,33)(H,28,34)/t15-,21-/m1/s1. The monoisotopic (exact) mass is 497 g/mol. The molecule has 0 aliphatic rings. The van der Waals surface area contributed by atoms with Crippen molar-refractivity contribution < 1.29 is 18.8 Å². The fraction of sp³-hybridized carbons (Fsp3) is 0.320. The van der Waals surface area contributed by atoms with Crippen molar-refractivity contribution in [1.82, 2.24) is 20.1 Å². The molecule has 10 heteroatoms. The molecule has 2 aromatic carbocycles. The Kier molecular flexibility index (Phi) is 8.75. The van der Waals surface area contributed by atoms with Crippen molar-refractivity contribution in [2.24, 2.45) is 0 Å². The number of thioether (sulfide) groups is 1. The zero-order valence-electron chi connectivity index (χ0n) is 20.0. The molecule has 0 radical (unpaired) electrons. The number of nitrogens with zero attached hydrogens (tertiary/aromatic N) is 3. The first kappa shape index (κ1) is 26.1. The van der Waals surface area contributed by atoms with Gasteiger partial charge in [0, 0.05) is 17.8 Å². The van der Waals surface area contributed by atoms with E-state index in [2.05, 4.69) is 20.8 Å². The topological polar surface area (TPSA) is 106 Å². The summed E-state index contributed by atoms with van der Waals surface area (Å²) in [6.07, 6.45) is 0.536. The highest BCUT2D eigenvalue weighted by molar-refractivity contribution is 8.00. The molecule has 3 aromatic rings. The fourth-order valence-electron chi connectivity index (χ4n) is 3.48. The number of halogens is 1. The van der Waals surface area contributed by atoms with Gasteiger partial charge in [-0.3, -0.25) is 14.4 Å². The third kappa shape index (κ3) is 6.33. The number of rotatable bonds is 10. The molecule has 2 amide bonds. The highest BCUT2D eigenvalue weighted by Crippen LogP contribution is 2.27. The third-order valence-electron chi connectivity index (χ3n) is 5.36. The number of ketones is 1. The van der Waals surface area contributed by atoms with Crippen LogP contribution in [0.3, 0.4) is 0 Å². The predicted octanol–water partition coefficient (Wildman–Crippen LogP) is 4.64. The van der Waals surface area contributed by atoms with Gasteiger partial charge in [0.25, 0.3) is 5.91 Å². The molecule has 1 heterocycles. The van der Waals surface area contributed by atoms with E-state index < -0.39 is 23.0 Å². The minimum absolute atomic E-state index is 0.0481. The van der Waals surface area contributed by atoms with Crippen molar-refractivity contribution in [3.05, 3.63) is 71.3 Å². The molecule has 0 unspecified atom stereocenters. The summed E-state index contributed by atoms with van der Waals surface area (Å²) in [6, 6.07) is 12.0. The Balaban J connectivity index is 1.73. The van der Waals surface area contributed by atoms with Gasteiger partial charge in [0.15, 0.2) is 16.8 Å². The number of hydrogen-bond acceptors (Lipinski definition) is 6. The molecule has 3 rings (SSSR count). The van der Waals surface area contributed by atoms with Crippen LogP contribution in [0.15, 0.2) is 53.7 Å². The van der Waals surface area contributed by atoms with Gasteiger partial charge in [-0.25, -0.2) is 4.39 Å². The summed E-state index contributed by atoms with van der Waals surface area (Å²) in [5.74, 6) is -0.942. The van der Waals surface area contributed by atoms with Crippen LogP contribution in [-0.2, 0) is 11.3 Å². The number of Topliss-reactive ketones (excluding diaryl/α,β-unsaturated/α-hetero) is 1. The minimum atomic E-state index is -0.601. The Morgan fingerprint density at radius 3 is 2.49 bits per heavy atom. The molecule has 0 saturated carbocycles. The van der Waals surface area contributed by atoms with Crippen LogP contribution < -0.4 is 10.6 Å². The quantitative estimate of drug-likeness (QED) is 0.312. The first-order valence-electron chi connectivity index (χ1n) is 11.3. The lowest BCUT2D eigenvalue weighted by atomic mass is 10.1. The second kappa shape index (κ2) is 11.7. The number of benzene rings is 2. The Labute approximate surface area is 207 Å². The largest absolute Gasteiger partial charge is 0.342 e. The Morgan fingerprint density at radius 2 is 1.83 bits per heavy atom. The fourth-order valence-corrected chi connectivity index (χ4v) is 4.50. The highest BCUT2D eigenvalue weighted by atomic mass is 32.2. The average Bonchev–Trinajstić information content (AvgIpc) is 3.25. The van der Waals surface area contributed by atoms with E-state index in [1.165, 1.54) is 36.9 Å². The zero-order valence-corrected chi connectivity index (χ0v) is 20.9. The average molecular weight is 498 g/mol. The van der Waals surface area contributed by atoms with E-state index in [9.17, 15) is 18.8 Å². The van der Waals surface area contributed by atoms with Gasteiger partial charge in [-0.1, -0.05) is 43.0 Å².